The first kappa shape index (κ1) is 24.8. The van der Waals surface area contributed by atoms with Crippen molar-refractivity contribution < 1.29 is 17.9 Å². The van der Waals surface area contributed by atoms with Crippen LogP contribution in [0.2, 0.25) is 0 Å². The normalized spacial score (nSPS) is 12.6. The van der Waals surface area contributed by atoms with E-state index in [0.29, 0.717) is 19.0 Å². The maximum absolute atomic E-state index is 12.1. The van der Waals surface area contributed by atoms with Gasteiger partial charge in [0.15, 0.2) is 12.6 Å². The van der Waals surface area contributed by atoms with Gasteiger partial charge < -0.3 is 20.3 Å². The second-order valence-corrected chi connectivity index (χ2v) is 6.53. The smallest absolute Gasteiger partial charge is 0.422 e. The number of benzene rings is 1. The molecule has 0 heterocycles. The van der Waals surface area contributed by atoms with Crippen LogP contribution in [-0.2, 0) is 6.54 Å². The van der Waals surface area contributed by atoms with Gasteiger partial charge in [0.2, 0.25) is 0 Å². The Bertz CT molecular complexity index is 560. The summed E-state index contributed by atoms with van der Waals surface area (Å²) in [5.74, 6) is 0.851. The third-order valence-corrected chi connectivity index (χ3v) is 3.91. The Balaban J connectivity index is 0.00000625. The number of likely N-dealkylation sites (N-methyl/N-ethyl adjacent to an activating group) is 1. The molecule has 0 saturated carbocycles. The Morgan fingerprint density at radius 2 is 1.69 bits per heavy atom. The first-order chi connectivity index (χ1) is 11.5. The third-order valence-electron chi connectivity index (χ3n) is 3.91. The van der Waals surface area contributed by atoms with Crippen LogP contribution in [0.25, 0.3) is 0 Å². The van der Waals surface area contributed by atoms with Crippen molar-refractivity contribution in [3.8, 4) is 5.75 Å². The van der Waals surface area contributed by atoms with Gasteiger partial charge in [-0.2, -0.15) is 13.2 Å². The van der Waals surface area contributed by atoms with Gasteiger partial charge in [0.1, 0.15) is 5.75 Å². The molecule has 9 heteroatoms. The summed E-state index contributed by atoms with van der Waals surface area (Å²) in [6.45, 7) is 4.16. The molecule has 1 aromatic carbocycles. The van der Waals surface area contributed by atoms with Crippen LogP contribution in [0, 0.1) is 0 Å². The van der Waals surface area contributed by atoms with E-state index in [1.165, 1.54) is 12.1 Å². The highest BCUT2D eigenvalue weighted by molar-refractivity contribution is 14.0. The average molecular weight is 488 g/mol. The second kappa shape index (κ2) is 10.8. The van der Waals surface area contributed by atoms with Crippen LogP contribution in [0.3, 0.4) is 0 Å². The van der Waals surface area contributed by atoms with Crippen LogP contribution in [0.1, 0.15) is 19.4 Å². The summed E-state index contributed by atoms with van der Waals surface area (Å²) in [6.07, 6.45) is -4.33. The molecule has 0 aliphatic carbocycles. The third kappa shape index (κ3) is 9.46. The second-order valence-electron chi connectivity index (χ2n) is 6.53. The first-order valence-corrected chi connectivity index (χ1v) is 7.94. The van der Waals surface area contributed by atoms with Crippen LogP contribution in [0.4, 0.5) is 13.2 Å². The maximum atomic E-state index is 12.1. The summed E-state index contributed by atoms with van der Waals surface area (Å²) in [4.78, 5) is 6.28. The predicted octanol–water partition coefficient (Wildman–Crippen LogP) is 3.25. The number of nitrogens with one attached hydrogen (secondary N) is 2. The lowest BCUT2D eigenvalue weighted by molar-refractivity contribution is -0.153. The van der Waals surface area contributed by atoms with Gasteiger partial charge in [0, 0.05) is 25.7 Å². The number of rotatable bonds is 7. The monoisotopic (exact) mass is 488 g/mol. The van der Waals surface area contributed by atoms with Gasteiger partial charge >= 0.3 is 6.18 Å². The molecule has 1 rings (SSSR count). The Morgan fingerprint density at radius 3 is 2.15 bits per heavy atom. The van der Waals surface area contributed by atoms with E-state index in [2.05, 4.69) is 39.1 Å². The number of halogens is 4. The number of alkyl halides is 3. The minimum absolute atomic E-state index is 0. The molecule has 0 fully saturated rings. The molecule has 2 N–H and O–H groups in total. The molecule has 0 atom stereocenters. The van der Waals surface area contributed by atoms with E-state index in [1.807, 2.05) is 14.1 Å². The lowest BCUT2D eigenvalue weighted by Gasteiger charge is -2.33. The molecule has 0 saturated heterocycles. The van der Waals surface area contributed by atoms with E-state index in [9.17, 15) is 13.2 Å². The molecule has 0 aromatic heterocycles. The van der Waals surface area contributed by atoms with E-state index >= 15 is 0 Å². The molecule has 1 aromatic rings. The molecule has 0 bridgehead atoms. The summed E-state index contributed by atoms with van der Waals surface area (Å²) in [7, 11) is 5.71. The molecule has 5 nitrogen and oxygen atoms in total. The van der Waals surface area contributed by atoms with Crippen LogP contribution in [-0.4, -0.2) is 56.9 Å². The number of guanidine groups is 1. The van der Waals surface area contributed by atoms with Gasteiger partial charge in [0.25, 0.3) is 0 Å². The van der Waals surface area contributed by atoms with Crippen LogP contribution < -0.4 is 15.4 Å². The summed E-state index contributed by atoms with van der Waals surface area (Å²) >= 11 is 0. The summed E-state index contributed by atoms with van der Waals surface area (Å²) < 4.78 is 41.0. The zero-order valence-electron chi connectivity index (χ0n) is 15.8. The number of nitrogens with zero attached hydrogens (tertiary/aromatic N) is 2. The molecule has 0 amide bonds. The van der Waals surface area contributed by atoms with Gasteiger partial charge in [-0.15, -0.1) is 24.0 Å². The van der Waals surface area contributed by atoms with Gasteiger partial charge in [-0.25, -0.2) is 0 Å². The zero-order chi connectivity index (χ0) is 19.1. The Kier molecular flexibility index (Phi) is 10.3. The molecule has 0 spiro atoms. The van der Waals surface area contributed by atoms with Crippen molar-refractivity contribution in [1.82, 2.24) is 15.5 Å². The minimum Gasteiger partial charge on any atom is -0.484 e. The van der Waals surface area contributed by atoms with Gasteiger partial charge in [-0.05, 0) is 45.6 Å². The summed E-state index contributed by atoms with van der Waals surface area (Å²) in [5, 5.41) is 6.43. The van der Waals surface area contributed by atoms with Crippen molar-refractivity contribution in [2.24, 2.45) is 4.99 Å². The molecule has 150 valence electrons. The van der Waals surface area contributed by atoms with E-state index in [-0.39, 0.29) is 35.3 Å². The first-order valence-electron chi connectivity index (χ1n) is 7.94. The number of aliphatic imine (C=N–C) groups is 1. The van der Waals surface area contributed by atoms with E-state index in [4.69, 9.17) is 0 Å². The summed E-state index contributed by atoms with van der Waals surface area (Å²) in [6, 6.07) is 6.48. The largest absolute Gasteiger partial charge is 0.484 e. The van der Waals surface area contributed by atoms with Crippen LogP contribution >= 0.6 is 24.0 Å². The Hall–Kier alpha value is -1.23. The molecule has 0 radical (unpaired) electrons. The van der Waals surface area contributed by atoms with Crippen LogP contribution in [0.15, 0.2) is 29.3 Å². The fraction of sp³-hybridized carbons (Fsp3) is 0.588. The van der Waals surface area contributed by atoms with Gasteiger partial charge in [-0.1, -0.05) is 12.1 Å². The average Bonchev–Trinajstić information content (AvgIpc) is 2.53. The van der Waals surface area contributed by atoms with Crippen molar-refractivity contribution in [3.05, 3.63) is 29.8 Å². The standard InChI is InChI=1S/C17H27F3N4O.HI/c1-16(2,24(4)5)11-23-15(21-3)22-10-13-6-8-14(9-7-13)25-12-17(18,19)20;/h6-9H,10-12H2,1-5H3,(H2,21,22,23);1H. The fourth-order valence-corrected chi connectivity index (χ4v) is 1.73. The van der Waals surface area contributed by atoms with Crippen LogP contribution in [0.5, 0.6) is 5.75 Å². The SMILES string of the molecule is CN=C(NCc1ccc(OCC(F)(F)F)cc1)NCC(C)(C)N(C)C.I. The zero-order valence-corrected chi connectivity index (χ0v) is 18.1. The minimum atomic E-state index is -4.33. The highest BCUT2D eigenvalue weighted by Gasteiger charge is 2.28. The van der Waals surface area contributed by atoms with Gasteiger partial charge in [0.05, 0.1) is 0 Å². The molecular weight excluding hydrogens is 460 g/mol. The quantitative estimate of drug-likeness (QED) is 0.352. The number of ether oxygens (including phenoxy) is 1. The van der Waals surface area contributed by atoms with Crippen molar-refractivity contribution in [2.75, 3.05) is 34.3 Å². The molecule has 26 heavy (non-hydrogen) atoms. The van der Waals surface area contributed by atoms with Crippen molar-refractivity contribution in [2.45, 2.75) is 32.1 Å². The maximum Gasteiger partial charge on any atom is 0.422 e. The Morgan fingerprint density at radius 1 is 1.12 bits per heavy atom. The molecule has 0 aliphatic rings. The van der Waals surface area contributed by atoms with E-state index in [0.717, 1.165) is 5.56 Å². The van der Waals surface area contributed by atoms with Crippen molar-refractivity contribution >= 4 is 29.9 Å². The van der Waals surface area contributed by atoms with E-state index in [1.54, 1.807) is 19.2 Å². The van der Waals surface area contributed by atoms with E-state index < -0.39 is 12.8 Å². The van der Waals surface area contributed by atoms with Gasteiger partial charge in [-0.3, -0.25) is 4.99 Å². The number of hydrogen-bond donors (Lipinski definition) is 2. The Labute approximate surface area is 170 Å². The predicted molar refractivity (Wildman–Crippen MR) is 109 cm³/mol. The lowest BCUT2D eigenvalue weighted by atomic mass is 10.0. The topological polar surface area (TPSA) is 48.9 Å². The molecular formula is C17H28F3IN4O. The summed E-state index contributed by atoms with van der Waals surface area (Å²) in [5.41, 5.74) is 0.879. The lowest BCUT2D eigenvalue weighted by Crippen LogP contribution is -2.50. The van der Waals surface area contributed by atoms with Crippen molar-refractivity contribution in [3.63, 3.8) is 0 Å². The highest BCUT2D eigenvalue weighted by Crippen LogP contribution is 2.18. The highest BCUT2D eigenvalue weighted by atomic mass is 127. The molecule has 0 unspecified atom stereocenters. The van der Waals surface area contributed by atoms with Crippen molar-refractivity contribution in [1.29, 1.82) is 0 Å². The molecule has 0 aliphatic heterocycles. The fourth-order valence-electron chi connectivity index (χ4n) is 1.73. The number of hydrogen-bond acceptors (Lipinski definition) is 3.